The SMILES string of the molecule is CC(C)(C)OC(=O)Nc1cc(C=CC(=O)O)cs1. The summed E-state index contributed by atoms with van der Waals surface area (Å²) >= 11 is 1.30. The van der Waals surface area contributed by atoms with Gasteiger partial charge in [0.1, 0.15) is 5.60 Å². The van der Waals surface area contributed by atoms with E-state index in [-0.39, 0.29) is 0 Å². The van der Waals surface area contributed by atoms with Gasteiger partial charge in [0.2, 0.25) is 0 Å². The molecule has 18 heavy (non-hydrogen) atoms. The van der Waals surface area contributed by atoms with E-state index in [9.17, 15) is 9.59 Å². The third-order valence-corrected chi connectivity index (χ3v) is 2.53. The minimum Gasteiger partial charge on any atom is -0.478 e. The van der Waals surface area contributed by atoms with E-state index in [1.54, 1.807) is 32.2 Å². The number of carbonyl (C=O) groups is 2. The zero-order chi connectivity index (χ0) is 13.8. The monoisotopic (exact) mass is 269 g/mol. The van der Waals surface area contributed by atoms with Crippen molar-refractivity contribution >= 4 is 34.5 Å². The summed E-state index contributed by atoms with van der Waals surface area (Å²) in [5, 5.41) is 13.4. The van der Waals surface area contributed by atoms with Gasteiger partial charge >= 0.3 is 12.1 Å². The van der Waals surface area contributed by atoms with Gasteiger partial charge < -0.3 is 9.84 Å². The standard InChI is InChI=1S/C12H15NO4S/c1-12(2,3)17-11(16)13-9-6-8(7-18-9)4-5-10(14)15/h4-7H,1-3H3,(H,13,16)(H,14,15). The lowest BCUT2D eigenvalue weighted by Crippen LogP contribution is -2.26. The number of rotatable bonds is 3. The number of aliphatic carboxylic acids is 1. The summed E-state index contributed by atoms with van der Waals surface area (Å²) in [6.45, 7) is 5.34. The molecule has 0 fully saturated rings. The maximum absolute atomic E-state index is 11.5. The van der Waals surface area contributed by atoms with Gasteiger partial charge in [0.25, 0.3) is 0 Å². The van der Waals surface area contributed by atoms with Crippen molar-refractivity contribution in [3.63, 3.8) is 0 Å². The highest BCUT2D eigenvalue weighted by Crippen LogP contribution is 2.22. The highest BCUT2D eigenvalue weighted by atomic mass is 32.1. The molecule has 1 amide bonds. The first-order valence-electron chi connectivity index (χ1n) is 5.26. The smallest absolute Gasteiger partial charge is 0.412 e. The normalized spacial score (nSPS) is 11.5. The average Bonchev–Trinajstić information content (AvgIpc) is 2.59. The summed E-state index contributed by atoms with van der Waals surface area (Å²) < 4.78 is 5.09. The maximum atomic E-state index is 11.5. The van der Waals surface area contributed by atoms with Crippen LogP contribution in [0, 0.1) is 0 Å². The van der Waals surface area contributed by atoms with Crippen LogP contribution in [0.15, 0.2) is 17.5 Å². The van der Waals surface area contributed by atoms with Gasteiger partial charge in [-0.05, 0) is 38.5 Å². The van der Waals surface area contributed by atoms with Gasteiger partial charge in [-0.3, -0.25) is 5.32 Å². The van der Waals surface area contributed by atoms with Gasteiger partial charge in [0.05, 0.1) is 5.00 Å². The topological polar surface area (TPSA) is 75.6 Å². The second-order valence-electron chi connectivity index (χ2n) is 4.54. The number of carboxylic acids is 1. The van der Waals surface area contributed by atoms with Crippen molar-refractivity contribution in [2.45, 2.75) is 26.4 Å². The Bertz CT molecular complexity index is 471. The quantitative estimate of drug-likeness (QED) is 0.826. The zero-order valence-corrected chi connectivity index (χ0v) is 11.2. The van der Waals surface area contributed by atoms with Crippen LogP contribution in [0.1, 0.15) is 26.3 Å². The van der Waals surface area contributed by atoms with Crippen LogP contribution < -0.4 is 5.32 Å². The third-order valence-electron chi connectivity index (χ3n) is 1.66. The molecule has 1 aromatic heterocycles. The van der Waals surface area contributed by atoms with E-state index < -0.39 is 17.7 Å². The van der Waals surface area contributed by atoms with E-state index in [4.69, 9.17) is 9.84 Å². The Morgan fingerprint density at radius 1 is 1.44 bits per heavy atom. The van der Waals surface area contributed by atoms with Crippen LogP contribution in [0.4, 0.5) is 9.80 Å². The molecule has 98 valence electrons. The Morgan fingerprint density at radius 2 is 2.11 bits per heavy atom. The molecule has 0 aliphatic carbocycles. The number of anilines is 1. The summed E-state index contributed by atoms with van der Waals surface area (Å²) in [5.41, 5.74) is 0.168. The van der Waals surface area contributed by atoms with Crippen LogP contribution in [0.25, 0.3) is 6.08 Å². The fourth-order valence-electron chi connectivity index (χ4n) is 1.08. The number of thiophene rings is 1. The minimum atomic E-state index is -1.01. The van der Waals surface area contributed by atoms with Crippen molar-refractivity contribution in [2.24, 2.45) is 0 Å². The van der Waals surface area contributed by atoms with Crippen molar-refractivity contribution in [1.29, 1.82) is 0 Å². The lowest BCUT2D eigenvalue weighted by Gasteiger charge is -2.19. The summed E-state index contributed by atoms with van der Waals surface area (Å²) in [5.74, 6) is -1.01. The number of hydrogen-bond donors (Lipinski definition) is 2. The van der Waals surface area contributed by atoms with Crippen LogP contribution in [0.5, 0.6) is 0 Å². The first-order chi connectivity index (χ1) is 8.26. The molecule has 1 aromatic rings. The summed E-state index contributed by atoms with van der Waals surface area (Å²) in [7, 11) is 0. The third kappa shape index (κ3) is 5.49. The molecule has 1 heterocycles. The van der Waals surface area contributed by atoms with E-state index in [1.807, 2.05) is 0 Å². The molecule has 0 atom stereocenters. The van der Waals surface area contributed by atoms with Gasteiger partial charge in [-0.25, -0.2) is 9.59 Å². The van der Waals surface area contributed by atoms with E-state index in [0.717, 1.165) is 6.08 Å². The highest BCUT2D eigenvalue weighted by molar-refractivity contribution is 7.14. The maximum Gasteiger partial charge on any atom is 0.412 e. The largest absolute Gasteiger partial charge is 0.478 e. The molecule has 0 radical (unpaired) electrons. The molecule has 0 saturated heterocycles. The van der Waals surface area contributed by atoms with Crippen LogP contribution >= 0.6 is 11.3 Å². The summed E-state index contributed by atoms with van der Waals surface area (Å²) in [6.07, 6.45) is 1.97. The Balaban J connectivity index is 2.59. The van der Waals surface area contributed by atoms with Gasteiger partial charge in [0, 0.05) is 11.5 Å². The van der Waals surface area contributed by atoms with E-state index in [0.29, 0.717) is 10.6 Å². The van der Waals surface area contributed by atoms with Gasteiger partial charge in [0.15, 0.2) is 0 Å². The first kappa shape index (κ1) is 14.2. The second kappa shape index (κ2) is 5.68. The Labute approximate surface area is 109 Å². The lowest BCUT2D eigenvalue weighted by atomic mass is 10.2. The van der Waals surface area contributed by atoms with Gasteiger partial charge in [-0.2, -0.15) is 0 Å². The van der Waals surface area contributed by atoms with Gasteiger partial charge in [-0.1, -0.05) is 0 Å². The Morgan fingerprint density at radius 3 is 2.67 bits per heavy atom. The number of nitrogens with one attached hydrogen (secondary N) is 1. The first-order valence-corrected chi connectivity index (χ1v) is 6.14. The molecule has 2 N–H and O–H groups in total. The predicted octanol–water partition coefficient (Wildman–Crippen LogP) is 3.19. The van der Waals surface area contributed by atoms with Crippen molar-refractivity contribution in [1.82, 2.24) is 0 Å². The molecule has 6 heteroatoms. The molecule has 0 unspecified atom stereocenters. The van der Waals surface area contributed by atoms with Crippen molar-refractivity contribution < 1.29 is 19.4 Å². The van der Waals surface area contributed by atoms with Gasteiger partial charge in [-0.15, -0.1) is 11.3 Å². The van der Waals surface area contributed by atoms with E-state index >= 15 is 0 Å². The van der Waals surface area contributed by atoms with Crippen molar-refractivity contribution in [3.8, 4) is 0 Å². The number of hydrogen-bond acceptors (Lipinski definition) is 4. The second-order valence-corrected chi connectivity index (χ2v) is 5.45. The van der Waals surface area contributed by atoms with Crippen molar-refractivity contribution in [3.05, 3.63) is 23.1 Å². The molecule has 0 aliphatic rings. The fraction of sp³-hybridized carbons (Fsp3) is 0.333. The molecule has 0 bridgehead atoms. The number of carbonyl (C=O) groups excluding carboxylic acids is 1. The lowest BCUT2D eigenvalue weighted by molar-refractivity contribution is -0.131. The highest BCUT2D eigenvalue weighted by Gasteiger charge is 2.16. The minimum absolute atomic E-state index is 0.530. The van der Waals surface area contributed by atoms with Crippen molar-refractivity contribution in [2.75, 3.05) is 5.32 Å². The number of amides is 1. The predicted molar refractivity (Wildman–Crippen MR) is 70.8 cm³/mol. The molecule has 0 aliphatic heterocycles. The van der Waals surface area contributed by atoms with Crippen LogP contribution in [0.3, 0.4) is 0 Å². The molecule has 5 nitrogen and oxygen atoms in total. The zero-order valence-electron chi connectivity index (χ0n) is 10.4. The molecule has 0 saturated carbocycles. The molecular weight excluding hydrogens is 254 g/mol. The molecule has 0 aromatic carbocycles. The van der Waals surface area contributed by atoms with Crippen LogP contribution in [0.2, 0.25) is 0 Å². The Hall–Kier alpha value is -1.82. The molecular formula is C12H15NO4S. The fourth-order valence-corrected chi connectivity index (χ4v) is 1.83. The Kier molecular flexibility index (Phi) is 4.49. The number of ether oxygens (including phenoxy) is 1. The average molecular weight is 269 g/mol. The van der Waals surface area contributed by atoms with Crippen LogP contribution in [-0.2, 0) is 9.53 Å². The number of carboxylic acid groups (broad SMARTS) is 1. The van der Waals surface area contributed by atoms with E-state index in [2.05, 4.69) is 5.32 Å². The summed E-state index contributed by atoms with van der Waals surface area (Å²) in [6, 6.07) is 1.67. The van der Waals surface area contributed by atoms with Crippen LogP contribution in [-0.4, -0.2) is 22.8 Å². The summed E-state index contributed by atoms with van der Waals surface area (Å²) in [4.78, 5) is 21.8. The van der Waals surface area contributed by atoms with E-state index in [1.165, 1.54) is 17.4 Å². The molecule has 1 rings (SSSR count). The molecule has 0 spiro atoms.